The van der Waals surface area contributed by atoms with Gasteiger partial charge in [-0.25, -0.2) is 0 Å². The second-order valence-corrected chi connectivity index (χ2v) is 7.70. The molecule has 0 amide bonds. The van der Waals surface area contributed by atoms with Gasteiger partial charge >= 0.3 is 0 Å². The SMILES string of the molecule is CCOc1cc(N=Nc2cc(C(C)C)on2)c(S(=O)(=O)O)cc1N(CC)CC. The van der Waals surface area contributed by atoms with Gasteiger partial charge in [-0.3, -0.25) is 4.55 Å². The van der Waals surface area contributed by atoms with Crippen LogP contribution in [0.4, 0.5) is 17.2 Å². The second kappa shape index (κ2) is 9.16. The van der Waals surface area contributed by atoms with Crippen molar-refractivity contribution in [1.29, 1.82) is 0 Å². The van der Waals surface area contributed by atoms with Crippen LogP contribution in [-0.2, 0) is 10.1 Å². The van der Waals surface area contributed by atoms with Gasteiger partial charge in [-0.15, -0.1) is 10.2 Å². The van der Waals surface area contributed by atoms with Gasteiger partial charge in [0.05, 0.1) is 12.3 Å². The summed E-state index contributed by atoms with van der Waals surface area (Å²) in [5, 5.41) is 11.7. The van der Waals surface area contributed by atoms with Crippen LogP contribution in [0.25, 0.3) is 0 Å². The lowest BCUT2D eigenvalue weighted by atomic mass is 10.2. The van der Waals surface area contributed by atoms with E-state index in [2.05, 4.69) is 15.4 Å². The monoisotopic (exact) mass is 410 g/mol. The van der Waals surface area contributed by atoms with Gasteiger partial charge in [0.2, 0.25) is 5.82 Å². The Morgan fingerprint density at radius 3 is 2.36 bits per heavy atom. The number of hydrogen-bond acceptors (Lipinski definition) is 8. The van der Waals surface area contributed by atoms with Gasteiger partial charge < -0.3 is 14.2 Å². The molecular formula is C18H26N4O5S. The lowest BCUT2D eigenvalue weighted by Gasteiger charge is -2.24. The highest BCUT2D eigenvalue weighted by Gasteiger charge is 2.22. The molecule has 1 heterocycles. The quantitative estimate of drug-likeness (QED) is 0.470. The van der Waals surface area contributed by atoms with E-state index in [1.807, 2.05) is 39.5 Å². The van der Waals surface area contributed by atoms with Crippen molar-refractivity contribution in [3.8, 4) is 5.75 Å². The summed E-state index contributed by atoms with van der Waals surface area (Å²) in [4.78, 5) is 1.57. The third kappa shape index (κ3) is 5.08. The molecule has 1 aromatic heterocycles. The van der Waals surface area contributed by atoms with E-state index >= 15 is 0 Å². The Labute approximate surface area is 165 Å². The van der Waals surface area contributed by atoms with Crippen LogP contribution in [0.3, 0.4) is 0 Å². The summed E-state index contributed by atoms with van der Waals surface area (Å²) in [6.45, 7) is 11.3. The highest BCUT2D eigenvalue weighted by molar-refractivity contribution is 7.86. The summed E-state index contributed by atoms with van der Waals surface area (Å²) in [7, 11) is -4.53. The maximum Gasteiger partial charge on any atom is 0.296 e. The molecule has 0 aliphatic carbocycles. The van der Waals surface area contributed by atoms with Crippen LogP contribution in [-0.4, -0.2) is 37.8 Å². The van der Waals surface area contributed by atoms with Crippen LogP contribution < -0.4 is 9.64 Å². The predicted molar refractivity (Wildman–Crippen MR) is 106 cm³/mol. The van der Waals surface area contributed by atoms with Crippen molar-refractivity contribution >= 4 is 27.3 Å². The lowest BCUT2D eigenvalue weighted by Crippen LogP contribution is -2.23. The number of rotatable bonds is 9. The number of nitrogens with zero attached hydrogens (tertiary/aromatic N) is 4. The van der Waals surface area contributed by atoms with Crippen molar-refractivity contribution in [3.63, 3.8) is 0 Å². The van der Waals surface area contributed by atoms with E-state index in [9.17, 15) is 13.0 Å². The van der Waals surface area contributed by atoms with Crippen LogP contribution >= 0.6 is 0 Å². The highest BCUT2D eigenvalue weighted by Crippen LogP contribution is 2.38. The molecule has 28 heavy (non-hydrogen) atoms. The van der Waals surface area contributed by atoms with E-state index in [4.69, 9.17) is 9.26 Å². The smallest absolute Gasteiger partial charge is 0.296 e. The zero-order valence-corrected chi connectivity index (χ0v) is 17.5. The van der Waals surface area contributed by atoms with Gasteiger partial charge in [-0.05, 0) is 26.8 Å². The molecule has 1 aromatic carbocycles. The van der Waals surface area contributed by atoms with E-state index in [1.54, 1.807) is 6.07 Å². The molecule has 9 nitrogen and oxygen atoms in total. The Morgan fingerprint density at radius 1 is 1.18 bits per heavy atom. The Bertz CT molecular complexity index is 933. The first kappa shape index (κ1) is 21.8. The molecule has 0 bridgehead atoms. The minimum atomic E-state index is -4.53. The van der Waals surface area contributed by atoms with Crippen molar-refractivity contribution in [3.05, 3.63) is 24.0 Å². The molecule has 2 rings (SSSR count). The molecule has 0 radical (unpaired) electrons. The van der Waals surface area contributed by atoms with Gasteiger partial charge in [0.25, 0.3) is 10.1 Å². The maximum atomic E-state index is 11.9. The lowest BCUT2D eigenvalue weighted by molar-refractivity contribution is 0.340. The molecule has 10 heteroatoms. The van der Waals surface area contributed by atoms with E-state index in [1.165, 1.54) is 12.1 Å². The van der Waals surface area contributed by atoms with Crippen molar-refractivity contribution in [1.82, 2.24) is 5.16 Å². The Morgan fingerprint density at radius 2 is 1.86 bits per heavy atom. The summed E-state index contributed by atoms with van der Waals surface area (Å²) in [6.07, 6.45) is 0. The van der Waals surface area contributed by atoms with Crippen molar-refractivity contribution in [2.75, 3.05) is 24.6 Å². The summed E-state index contributed by atoms with van der Waals surface area (Å²) in [6, 6.07) is 4.42. The van der Waals surface area contributed by atoms with Gasteiger partial charge in [-0.2, -0.15) is 8.42 Å². The fourth-order valence-corrected chi connectivity index (χ4v) is 3.23. The summed E-state index contributed by atoms with van der Waals surface area (Å²) < 4.78 is 44.4. The molecule has 0 saturated carbocycles. The second-order valence-electron chi connectivity index (χ2n) is 6.31. The van der Waals surface area contributed by atoms with Crippen LogP contribution in [0.15, 0.2) is 37.8 Å². The molecule has 0 fully saturated rings. The Hall–Kier alpha value is -2.46. The maximum absolute atomic E-state index is 11.9. The Kier molecular flexibility index (Phi) is 7.14. The average Bonchev–Trinajstić information content (AvgIpc) is 3.10. The summed E-state index contributed by atoms with van der Waals surface area (Å²) >= 11 is 0. The molecular weight excluding hydrogens is 384 g/mol. The van der Waals surface area contributed by atoms with Gasteiger partial charge in [0, 0.05) is 31.1 Å². The number of ether oxygens (including phenoxy) is 1. The molecule has 0 aliphatic rings. The first-order valence-corrected chi connectivity index (χ1v) is 10.6. The largest absolute Gasteiger partial charge is 0.492 e. The van der Waals surface area contributed by atoms with Gasteiger partial charge in [0.1, 0.15) is 22.1 Å². The fraction of sp³-hybridized carbons (Fsp3) is 0.500. The summed E-state index contributed by atoms with van der Waals surface area (Å²) in [5.41, 5.74) is 0.512. The minimum absolute atomic E-state index is 0.0454. The Balaban J connectivity index is 2.57. The highest BCUT2D eigenvalue weighted by atomic mass is 32.2. The number of azo groups is 1. The molecule has 2 aromatic rings. The van der Waals surface area contributed by atoms with Crippen molar-refractivity contribution in [2.24, 2.45) is 10.2 Å². The molecule has 154 valence electrons. The van der Waals surface area contributed by atoms with Crippen LogP contribution in [0, 0.1) is 0 Å². The van der Waals surface area contributed by atoms with E-state index in [-0.39, 0.29) is 22.3 Å². The van der Waals surface area contributed by atoms with E-state index < -0.39 is 10.1 Å². The fourth-order valence-electron chi connectivity index (χ4n) is 2.61. The van der Waals surface area contributed by atoms with Gasteiger partial charge in [-0.1, -0.05) is 19.0 Å². The molecule has 0 aliphatic heterocycles. The molecule has 0 unspecified atom stereocenters. The van der Waals surface area contributed by atoms with Crippen molar-refractivity contribution in [2.45, 2.75) is 45.4 Å². The summed E-state index contributed by atoms with van der Waals surface area (Å²) in [5.74, 6) is 1.42. The van der Waals surface area contributed by atoms with Crippen LogP contribution in [0.2, 0.25) is 0 Å². The topological polar surface area (TPSA) is 118 Å². The minimum Gasteiger partial charge on any atom is -0.492 e. The zero-order chi connectivity index (χ0) is 20.9. The number of benzene rings is 1. The average molecular weight is 410 g/mol. The third-order valence-corrected chi connectivity index (χ3v) is 4.95. The molecule has 1 N–H and O–H groups in total. The number of anilines is 1. The molecule has 0 atom stereocenters. The number of aromatic nitrogens is 1. The molecule has 0 spiro atoms. The predicted octanol–water partition coefficient (Wildman–Crippen LogP) is 4.71. The third-order valence-electron chi connectivity index (χ3n) is 4.07. The van der Waals surface area contributed by atoms with Crippen molar-refractivity contribution < 1.29 is 22.2 Å². The molecule has 0 saturated heterocycles. The first-order valence-electron chi connectivity index (χ1n) is 9.12. The van der Waals surface area contributed by atoms with Gasteiger partial charge in [0.15, 0.2) is 0 Å². The standard InChI is InChI=1S/C18H26N4O5S/c1-6-22(7-2)14-10-17(28(23,24)25)13(9-16(14)26-8-3)19-20-18-11-15(12(4)5)27-21-18/h9-12H,6-8H2,1-5H3,(H,23,24,25). The normalized spacial score (nSPS) is 12.1. The first-order chi connectivity index (χ1) is 13.2. The van der Waals surface area contributed by atoms with Crippen LogP contribution in [0.5, 0.6) is 5.75 Å². The van der Waals surface area contributed by atoms with Crippen LogP contribution in [0.1, 0.15) is 46.3 Å². The number of hydrogen-bond donors (Lipinski definition) is 1. The van der Waals surface area contributed by atoms with E-state index in [0.29, 0.717) is 36.9 Å². The van der Waals surface area contributed by atoms with E-state index in [0.717, 1.165) is 0 Å². The zero-order valence-electron chi connectivity index (χ0n) is 16.7.